The van der Waals surface area contributed by atoms with Crippen LogP contribution in [0.5, 0.6) is 5.75 Å². The monoisotopic (exact) mass is 247 g/mol. The van der Waals surface area contributed by atoms with Gasteiger partial charge in [-0.05, 0) is 49.1 Å². The molecular formula is C12H16F3NO. The number of phenolic OH excluding ortho intramolecular Hbond substituents is 1. The largest absolute Gasteiger partial charge is 0.508 e. The second-order valence-corrected chi connectivity index (χ2v) is 4.25. The third-order valence-corrected chi connectivity index (χ3v) is 2.69. The first-order chi connectivity index (χ1) is 7.70. The van der Waals surface area contributed by atoms with E-state index in [0.29, 0.717) is 5.56 Å². The molecule has 0 aliphatic rings. The van der Waals surface area contributed by atoms with Gasteiger partial charge in [-0.1, -0.05) is 0 Å². The topological polar surface area (TPSA) is 46.2 Å². The van der Waals surface area contributed by atoms with Gasteiger partial charge in [0, 0.05) is 12.5 Å². The highest BCUT2D eigenvalue weighted by Crippen LogP contribution is 2.30. The van der Waals surface area contributed by atoms with Gasteiger partial charge in [0.2, 0.25) is 0 Å². The molecule has 1 atom stereocenters. The summed E-state index contributed by atoms with van der Waals surface area (Å²) in [5.41, 5.74) is 7.90. The van der Waals surface area contributed by atoms with Crippen LogP contribution in [0, 0.1) is 13.8 Å². The van der Waals surface area contributed by atoms with Crippen LogP contribution in [0.1, 0.15) is 35.6 Å². The van der Waals surface area contributed by atoms with Gasteiger partial charge in [0.1, 0.15) is 5.75 Å². The summed E-state index contributed by atoms with van der Waals surface area (Å²) in [6, 6.07) is 2.36. The van der Waals surface area contributed by atoms with E-state index in [2.05, 4.69) is 0 Å². The quantitative estimate of drug-likeness (QED) is 0.860. The average Bonchev–Trinajstić information content (AvgIpc) is 2.11. The van der Waals surface area contributed by atoms with Gasteiger partial charge in [0.25, 0.3) is 0 Å². The van der Waals surface area contributed by atoms with E-state index in [-0.39, 0.29) is 12.2 Å². The molecule has 0 amide bonds. The minimum Gasteiger partial charge on any atom is -0.508 e. The predicted molar refractivity (Wildman–Crippen MR) is 59.8 cm³/mol. The number of hydrogen-bond acceptors (Lipinski definition) is 2. The van der Waals surface area contributed by atoms with Crippen LogP contribution in [0.3, 0.4) is 0 Å². The van der Waals surface area contributed by atoms with Crippen LogP contribution in [0.2, 0.25) is 0 Å². The lowest BCUT2D eigenvalue weighted by Crippen LogP contribution is -2.17. The van der Waals surface area contributed by atoms with Crippen LogP contribution in [-0.2, 0) is 0 Å². The number of halogens is 3. The summed E-state index contributed by atoms with van der Waals surface area (Å²) in [7, 11) is 0. The Balaban J connectivity index is 2.86. The number of benzene rings is 1. The van der Waals surface area contributed by atoms with Crippen molar-refractivity contribution in [3.8, 4) is 5.75 Å². The molecule has 0 fully saturated rings. The van der Waals surface area contributed by atoms with Crippen molar-refractivity contribution < 1.29 is 18.3 Å². The fraction of sp³-hybridized carbons (Fsp3) is 0.500. The van der Waals surface area contributed by atoms with E-state index < -0.39 is 18.6 Å². The second kappa shape index (κ2) is 4.96. The first kappa shape index (κ1) is 13.8. The Labute approximate surface area is 98.3 Å². The van der Waals surface area contributed by atoms with Crippen molar-refractivity contribution >= 4 is 0 Å². The Morgan fingerprint density at radius 2 is 1.71 bits per heavy atom. The van der Waals surface area contributed by atoms with Crippen molar-refractivity contribution in [1.82, 2.24) is 0 Å². The molecule has 3 N–H and O–H groups in total. The van der Waals surface area contributed by atoms with Crippen molar-refractivity contribution in [2.75, 3.05) is 0 Å². The van der Waals surface area contributed by atoms with Crippen LogP contribution < -0.4 is 5.73 Å². The summed E-state index contributed by atoms with van der Waals surface area (Å²) in [6.45, 7) is 3.46. The molecular weight excluding hydrogens is 231 g/mol. The van der Waals surface area contributed by atoms with Crippen LogP contribution in [0.4, 0.5) is 13.2 Å². The van der Waals surface area contributed by atoms with Crippen molar-refractivity contribution in [3.63, 3.8) is 0 Å². The highest BCUT2D eigenvalue weighted by atomic mass is 19.4. The van der Waals surface area contributed by atoms with E-state index in [1.54, 1.807) is 13.8 Å². The zero-order valence-corrected chi connectivity index (χ0v) is 9.80. The zero-order valence-electron chi connectivity index (χ0n) is 9.80. The lowest BCUT2D eigenvalue weighted by atomic mass is 9.93. The van der Waals surface area contributed by atoms with Crippen molar-refractivity contribution in [2.45, 2.75) is 38.9 Å². The molecule has 0 saturated heterocycles. The second-order valence-electron chi connectivity index (χ2n) is 4.25. The van der Waals surface area contributed by atoms with Crippen molar-refractivity contribution in [1.29, 1.82) is 0 Å². The number of alkyl halides is 3. The lowest BCUT2D eigenvalue weighted by molar-refractivity contribution is -0.136. The minimum absolute atomic E-state index is 0.103. The molecule has 0 spiro atoms. The molecule has 0 aromatic heterocycles. The maximum atomic E-state index is 12.1. The zero-order chi connectivity index (χ0) is 13.2. The van der Waals surface area contributed by atoms with Crippen LogP contribution >= 0.6 is 0 Å². The van der Waals surface area contributed by atoms with Gasteiger partial charge < -0.3 is 10.8 Å². The van der Waals surface area contributed by atoms with Crippen LogP contribution in [-0.4, -0.2) is 11.3 Å². The molecule has 96 valence electrons. The van der Waals surface area contributed by atoms with Gasteiger partial charge >= 0.3 is 6.18 Å². The van der Waals surface area contributed by atoms with Gasteiger partial charge in [0.05, 0.1) is 0 Å². The molecule has 1 aromatic rings. The average molecular weight is 247 g/mol. The standard InChI is InChI=1S/C12H16F3NO/c1-7-5-9(17)6-8(2)11(7)10(16)3-4-12(13,14)15/h5-6,10,17H,3-4,16H2,1-2H3/t10-/m0/s1. The highest BCUT2D eigenvalue weighted by molar-refractivity contribution is 5.42. The first-order valence-electron chi connectivity index (χ1n) is 5.33. The van der Waals surface area contributed by atoms with Gasteiger partial charge in [-0.15, -0.1) is 0 Å². The third-order valence-electron chi connectivity index (χ3n) is 2.69. The van der Waals surface area contributed by atoms with E-state index in [1.165, 1.54) is 12.1 Å². The molecule has 0 aliphatic carbocycles. The summed E-state index contributed by atoms with van der Waals surface area (Å²) < 4.78 is 36.3. The van der Waals surface area contributed by atoms with E-state index >= 15 is 0 Å². The highest BCUT2D eigenvalue weighted by Gasteiger charge is 2.28. The third kappa shape index (κ3) is 3.93. The van der Waals surface area contributed by atoms with Crippen molar-refractivity contribution in [2.24, 2.45) is 5.73 Å². The molecule has 0 aliphatic heterocycles. The fourth-order valence-electron chi connectivity index (χ4n) is 2.00. The van der Waals surface area contributed by atoms with E-state index in [4.69, 9.17) is 5.73 Å². The summed E-state index contributed by atoms with van der Waals surface area (Å²) in [5.74, 6) is 0.103. The van der Waals surface area contributed by atoms with Crippen molar-refractivity contribution in [3.05, 3.63) is 28.8 Å². The number of nitrogens with two attached hydrogens (primary N) is 1. The van der Waals surface area contributed by atoms with Crippen LogP contribution in [0.25, 0.3) is 0 Å². The van der Waals surface area contributed by atoms with E-state index in [9.17, 15) is 18.3 Å². The number of hydrogen-bond donors (Lipinski definition) is 2. The SMILES string of the molecule is Cc1cc(O)cc(C)c1[C@@H](N)CCC(F)(F)F. The summed E-state index contributed by atoms with van der Waals surface area (Å²) in [5, 5.41) is 9.34. The minimum atomic E-state index is -4.18. The summed E-state index contributed by atoms with van der Waals surface area (Å²) in [6.07, 6.45) is -5.22. The van der Waals surface area contributed by atoms with E-state index in [1.807, 2.05) is 0 Å². The number of phenols is 1. The molecule has 0 bridgehead atoms. The molecule has 2 nitrogen and oxygen atoms in total. The molecule has 1 aromatic carbocycles. The molecule has 17 heavy (non-hydrogen) atoms. The number of rotatable bonds is 3. The molecule has 0 heterocycles. The molecule has 0 saturated carbocycles. The molecule has 0 radical (unpaired) electrons. The molecule has 1 rings (SSSR count). The van der Waals surface area contributed by atoms with Gasteiger partial charge in [-0.3, -0.25) is 0 Å². The van der Waals surface area contributed by atoms with E-state index in [0.717, 1.165) is 11.1 Å². The van der Waals surface area contributed by atoms with Gasteiger partial charge in [-0.2, -0.15) is 13.2 Å². The Hall–Kier alpha value is -1.23. The Morgan fingerprint density at radius 3 is 2.12 bits per heavy atom. The van der Waals surface area contributed by atoms with Crippen LogP contribution in [0.15, 0.2) is 12.1 Å². The lowest BCUT2D eigenvalue weighted by Gasteiger charge is -2.18. The molecule has 0 unspecified atom stereocenters. The number of aromatic hydroxyl groups is 1. The summed E-state index contributed by atoms with van der Waals surface area (Å²) in [4.78, 5) is 0. The Kier molecular flexibility index (Phi) is 4.03. The summed E-state index contributed by atoms with van der Waals surface area (Å²) >= 11 is 0. The fourth-order valence-corrected chi connectivity index (χ4v) is 2.00. The maximum absolute atomic E-state index is 12.1. The normalized spacial score (nSPS) is 13.8. The van der Waals surface area contributed by atoms with Gasteiger partial charge in [0.15, 0.2) is 0 Å². The Bertz CT molecular complexity index is 378. The predicted octanol–water partition coefficient (Wildman–Crippen LogP) is 3.35. The van der Waals surface area contributed by atoms with Gasteiger partial charge in [-0.25, -0.2) is 0 Å². The molecule has 5 heteroatoms. The number of aryl methyl sites for hydroxylation is 2. The Morgan fingerprint density at radius 1 is 1.24 bits per heavy atom. The first-order valence-corrected chi connectivity index (χ1v) is 5.33. The smallest absolute Gasteiger partial charge is 0.389 e. The maximum Gasteiger partial charge on any atom is 0.389 e.